The van der Waals surface area contributed by atoms with Gasteiger partial charge in [-0.25, -0.2) is 0 Å². The first-order chi connectivity index (χ1) is 22.6. The second-order valence-electron chi connectivity index (χ2n) is 12.6. The maximum atomic E-state index is 9.39. The van der Waals surface area contributed by atoms with Crippen LogP contribution in [0.5, 0.6) is 11.8 Å². The molecule has 2 aromatic heterocycles. The zero-order valence-electron chi connectivity index (χ0n) is 26.7. The molecule has 0 amide bonds. The summed E-state index contributed by atoms with van der Waals surface area (Å²) in [6.07, 6.45) is 5.61. The summed E-state index contributed by atoms with van der Waals surface area (Å²) in [6.45, 7) is 4.46. The van der Waals surface area contributed by atoms with Gasteiger partial charge in [-0.05, 0) is 60.5 Å². The zero-order chi connectivity index (χ0) is 31.5. The molecule has 2 saturated heterocycles. The van der Waals surface area contributed by atoms with E-state index in [0.717, 1.165) is 65.2 Å². The summed E-state index contributed by atoms with van der Waals surface area (Å²) in [7, 11) is 4.23. The molecule has 3 aromatic carbocycles. The molecular weight excluding hydrogens is 574 g/mol. The van der Waals surface area contributed by atoms with Crippen LogP contribution in [-0.2, 0) is 20.1 Å². The van der Waals surface area contributed by atoms with Gasteiger partial charge in [-0.2, -0.15) is 15.2 Å². The molecule has 9 heteroatoms. The molecule has 0 bridgehead atoms. The number of fused-ring (bicyclic) bond motifs is 2. The van der Waals surface area contributed by atoms with Crippen molar-refractivity contribution in [2.45, 2.75) is 44.4 Å². The number of likely N-dealkylation sites (N-methyl/N-ethyl adjacent to an activating group) is 1. The van der Waals surface area contributed by atoms with Gasteiger partial charge in [0.1, 0.15) is 30.0 Å². The second-order valence-corrected chi connectivity index (χ2v) is 12.6. The van der Waals surface area contributed by atoms with E-state index in [-0.39, 0.29) is 6.04 Å². The maximum Gasteiger partial charge on any atom is 0.319 e. The van der Waals surface area contributed by atoms with Gasteiger partial charge in [-0.1, -0.05) is 54.6 Å². The summed E-state index contributed by atoms with van der Waals surface area (Å²) in [5.41, 5.74) is 5.31. The highest BCUT2D eigenvalue weighted by atomic mass is 16.5. The molecule has 2 atom stereocenters. The minimum Gasteiger partial charge on any atom is -0.489 e. The Kier molecular flexibility index (Phi) is 8.73. The Morgan fingerprint density at radius 2 is 1.83 bits per heavy atom. The Morgan fingerprint density at radius 1 is 0.978 bits per heavy atom. The first-order valence-electron chi connectivity index (χ1n) is 16.3. The highest BCUT2D eigenvalue weighted by molar-refractivity contribution is 5.92. The van der Waals surface area contributed by atoms with E-state index < -0.39 is 0 Å². The Bertz CT molecular complexity index is 1870. The van der Waals surface area contributed by atoms with E-state index in [1.54, 1.807) is 0 Å². The lowest BCUT2D eigenvalue weighted by molar-refractivity contribution is 0.188. The Morgan fingerprint density at radius 3 is 2.65 bits per heavy atom. The summed E-state index contributed by atoms with van der Waals surface area (Å²) in [6, 6.07) is 26.2. The average molecular weight is 616 g/mol. The lowest BCUT2D eigenvalue weighted by Gasteiger charge is -2.34. The lowest BCUT2D eigenvalue weighted by Crippen LogP contribution is -2.51. The normalized spacial score (nSPS) is 18.7. The third kappa shape index (κ3) is 6.37. The minimum atomic E-state index is 0.0880. The second kappa shape index (κ2) is 13.4. The van der Waals surface area contributed by atoms with E-state index >= 15 is 0 Å². The van der Waals surface area contributed by atoms with E-state index in [0.29, 0.717) is 44.7 Å². The van der Waals surface area contributed by atoms with Gasteiger partial charge in [0, 0.05) is 56.9 Å². The average Bonchev–Trinajstić information content (AvgIpc) is 3.64. The number of nitriles is 1. The van der Waals surface area contributed by atoms with Crippen molar-refractivity contribution in [1.29, 1.82) is 5.26 Å². The molecule has 9 nitrogen and oxygen atoms in total. The van der Waals surface area contributed by atoms with Crippen LogP contribution in [0.4, 0.5) is 5.82 Å². The van der Waals surface area contributed by atoms with Crippen LogP contribution in [0.1, 0.15) is 36.0 Å². The Hall–Kier alpha value is -4.65. The van der Waals surface area contributed by atoms with E-state index in [9.17, 15) is 5.26 Å². The predicted molar refractivity (Wildman–Crippen MR) is 181 cm³/mol. The van der Waals surface area contributed by atoms with Crippen molar-refractivity contribution in [1.82, 2.24) is 24.8 Å². The van der Waals surface area contributed by atoms with Crippen LogP contribution in [0.15, 0.2) is 72.9 Å². The van der Waals surface area contributed by atoms with Gasteiger partial charge in [0.05, 0.1) is 12.5 Å². The number of hydrogen-bond donors (Lipinski definition) is 1. The largest absolute Gasteiger partial charge is 0.489 e. The van der Waals surface area contributed by atoms with Gasteiger partial charge in [0.15, 0.2) is 5.82 Å². The molecule has 2 aliphatic heterocycles. The lowest BCUT2D eigenvalue weighted by atomic mass is 9.98. The monoisotopic (exact) mass is 615 g/mol. The molecule has 0 spiro atoms. The van der Waals surface area contributed by atoms with E-state index in [4.69, 9.17) is 19.4 Å². The number of hydrogen-bond acceptors (Lipinski definition) is 8. The molecule has 0 radical (unpaired) electrons. The van der Waals surface area contributed by atoms with Crippen molar-refractivity contribution in [2.75, 3.05) is 44.7 Å². The van der Waals surface area contributed by atoms with E-state index in [2.05, 4.69) is 94.6 Å². The molecule has 0 aliphatic carbocycles. The number of benzene rings is 3. The number of anilines is 1. The summed E-state index contributed by atoms with van der Waals surface area (Å²) >= 11 is 0. The van der Waals surface area contributed by atoms with Crippen molar-refractivity contribution in [2.24, 2.45) is 7.05 Å². The smallest absolute Gasteiger partial charge is 0.319 e. The van der Waals surface area contributed by atoms with Crippen molar-refractivity contribution in [3.8, 4) is 17.8 Å². The van der Waals surface area contributed by atoms with Gasteiger partial charge >= 0.3 is 6.01 Å². The van der Waals surface area contributed by atoms with Gasteiger partial charge in [0.2, 0.25) is 0 Å². The number of nitrogens with zero attached hydrogens (tertiary/aromatic N) is 6. The van der Waals surface area contributed by atoms with Crippen LogP contribution >= 0.6 is 0 Å². The van der Waals surface area contributed by atoms with Gasteiger partial charge in [-0.15, -0.1) is 0 Å². The fourth-order valence-corrected chi connectivity index (χ4v) is 6.91. The first kappa shape index (κ1) is 30.0. The third-order valence-corrected chi connectivity index (χ3v) is 9.37. The topological polar surface area (TPSA) is 91.5 Å². The molecule has 1 N–H and O–H groups in total. The number of likely N-dealkylation sites (tertiary alicyclic amines) is 1. The Balaban J connectivity index is 1.26. The molecule has 7 rings (SSSR count). The van der Waals surface area contributed by atoms with E-state index in [1.165, 1.54) is 17.4 Å². The first-order valence-corrected chi connectivity index (χ1v) is 16.3. The highest BCUT2D eigenvalue weighted by Gasteiger charge is 2.27. The number of rotatable bonds is 10. The number of piperazine rings is 1. The van der Waals surface area contributed by atoms with Crippen molar-refractivity contribution in [3.63, 3.8) is 0 Å². The molecule has 2 aliphatic rings. The van der Waals surface area contributed by atoms with Gasteiger partial charge in [-0.3, -0.25) is 0 Å². The standard InChI is InChI=1S/C37H41N7O2/c1-42-17-8-12-31(42)25-46-37-40-34-29(22-43(2)35(34)36(41-37)44-18-16-39-30(23-44)14-15-38)19-28-21-32(20-27-11-6-7-13-33(27)28)45-24-26-9-4-3-5-10-26/h3-7,9-11,13,20-22,30-31,39H,8,12,14,16-19,23-25H2,1-2H3/t30-,31-/m0/s1. The van der Waals surface area contributed by atoms with Crippen molar-refractivity contribution < 1.29 is 9.47 Å². The molecule has 236 valence electrons. The SMILES string of the molecule is CN1CCC[C@H]1COc1nc(N2CCN[C@@H](CC#N)C2)c2c(n1)c(Cc1cc(OCc3ccccc3)cc3ccccc13)cn2C. The molecule has 46 heavy (non-hydrogen) atoms. The maximum absolute atomic E-state index is 9.39. The predicted octanol–water partition coefficient (Wildman–Crippen LogP) is 5.46. The Labute approximate surface area is 270 Å². The third-order valence-electron chi connectivity index (χ3n) is 9.37. The summed E-state index contributed by atoms with van der Waals surface area (Å²) in [5, 5.41) is 15.2. The highest BCUT2D eigenvalue weighted by Crippen LogP contribution is 2.34. The molecule has 2 fully saturated rings. The van der Waals surface area contributed by atoms with Crippen LogP contribution in [0, 0.1) is 11.3 Å². The molecule has 0 unspecified atom stereocenters. The summed E-state index contributed by atoms with van der Waals surface area (Å²) in [4.78, 5) is 14.7. The minimum absolute atomic E-state index is 0.0880. The van der Waals surface area contributed by atoms with Crippen LogP contribution in [-0.4, -0.2) is 71.4 Å². The summed E-state index contributed by atoms with van der Waals surface area (Å²) in [5.74, 6) is 1.71. The quantitative estimate of drug-likeness (QED) is 0.222. The summed E-state index contributed by atoms with van der Waals surface area (Å²) < 4.78 is 14.8. The number of aromatic nitrogens is 3. The number of nitrogens with one attached hydrogen (secondary N) is 1. The molecular formula is C37H41N7O2. The number of ether oxygens (including phenoxy) is 2. The van der Waals surface area contributed by atoms with Gasteiger partial charge < -0.3 is 29.2 Å². The van der Waals surface area contributed by atoms with Crippen molar-refractivity contribution in [3.05, 3.63) is 89.6 Å². The van der Waals surface area contributed by atoms with Crippen LogP contribution in [0.2, 0.25) is 0 Å². The van der Waals surface area contributed by atoms with Crippen LogP contribution in [0.25, 0.3) is 21.8 Å². The fourth-order valence-electron chi connectivity index (χ4n) is 6.91. The van der Waals surface area contributed by atoms with Crippen LogP contribution in [0.3, 0.4) is 0 Å². The fraction of sp³-hybridized carbons (Fsp3) is 0.378. The van der Waals surface area contributed by atoms with Crippen molar-refractivity contribution >= 4 is 27.6 Å². The van der Waals surface area contributed by atoms with Gasteiger partial charge in [0.25, 0.3) is 0 Å². The molecule has 4 heterocycles. The van der Waals surface area contributed by atoms with E-state index in [1.807, 2.05) is 18.2 Å². The van der Waals surface area contributed by atoms with Crippen LogP contribution < -0.4 is 19.7 Å². The molecule has 5 aromatic rings. The zero-order valence-corrected chi connectivity index (χ0v) is 26.7. The number of aryl methyl sites for hydroxylation is 1. The molecule has 0 saturated carbocycles.